The van der Waals surface area contributed by atoms with Gasteiger partial charge in [0.05, 0.1) is 36.8 Å². The summed E-state index contributed by atoms with van der Waals surface area (Å²) in [6.07, 6.45) is 2.03. The van der Waals surface area contributed by atoms with E-state index in [1.54, 1.807) is 43.5 Å². The smallest absolute Gasteiger partial charge is 0.232 e. The van der Waals surface area contributed by atoms with E-state index in [4.69, 9.17) is 20.3 Å². The molecule has 0 amide bonds. The maximum atomic E-state index is 13.5. The fourth-order valence-electron chi connectivity index (χ4n) is 4.45. The summed E-state index contributed by atoms with van der Waals surface area (Å²) in [5.41, 5.74) is 7.21. The number of halogens is 1. The summed E-state index contributed by atoms with van der Waals surface area (Å²) in [4.78, 5) is 0. The number of benzene rings is 3. The van der Waals surface area contributed by atoms with Crippen LogP contribution < -0.4 is 14.8 Å². The molecule has 192 valence electrons. The van der Waals surface area contributed by atoms with Crippen molar-refractivity contribution >= 4 is 32.5 Å². The van der Waals surface area contributed by atoms with E-state index in [1.807, 2.05) is 0 Å². The maximum Gasteiger partial charge on any atom is 0.232 e. The number of nitrogens with zero attached hydrogens (tertiary/aromatic N) is 1. The lowest BCUT2D eigenvalue weighted by Gasteiger charge is -2.27. The van der Waals surface area contributed by atoms with Crippen LogP contribution in [-0.4, -0.2) is 32.7 Å². The van der Waals surface area contributed by atoms with Gasteiger partial charge < -0.3 is 20.0 Å². The molecule has 4 N–H and O–H groups in total. The van der Waals surface area contributed by atoms with Crippen molar-refractivity contribution in [3.8, 4) is 17.1 Å². The van der Waals surface area contributed by atoms with Crippen molar-refractivity contribution < 1.29 is 27.1 Å². The van der Waals surface area contributed by atoms with Crippen LogP contribution in [0.15, 0.2) is 65.1 Å². The van der Waals surface area contributed by atoms with Crippen LogP contribution in [0.25, 0.3) is 22.3 Å². The highest BCUT2D eigenvalue weighted by atomic mass is 32.2. The molecule has 1 fully saturated rings. The maximum absolute atomic E-state index is 13.5. The van der Waals surface area contributed by atoms with E-state index in [0.717, 1.165) is 11.8 Å². The number of aliphatic hydroxyl groups is 1. The van der Waals surface area contributed by atoms with Gasteiger partial charge in [0.2, 0.25) is 10.0 Å². The van der Waals surface area contributed by atoms with Crippen molar-refractivity contribution in [2.75, 3.05) is 17.7 Å². The number of methoxy groups -OCH3 is 1. The van der Waals surface area contributed by atoms with Gasteiger partial charge in [-0.3, -0.25) is 9.71 Å². The average molecular weight is 524 g/mol. The molecule has 0 unspecified atom stereocenters. The number of hydrogen-bond donors (Lipinski definition) is 3. The van der Waals surface area contributed by atoms with Crippen molar-refractivity contribution in [2.45, 2.75) is 25.0 Å². The molecule has 0 bridgehead atoms. The number of sulfonamides is 1. The van der Waals surface area contributed by atoms with Crippen molar-refractivity contribution in [3.63, 3.8) is 0 Å². The molecule has 3 aromatic carbocycles. The van der Waals surface area contributed by atoms with Crippen LogP contribution in [0.1, 0.15) is 29.5 Å². The van der Waals surface area contributed by atoms with Crippen LogP contribution in [-0.2, 0) is 22.2 Å². The predicted molar refractivity (Wildman–Crippen MR) is 140 cm³/mol. The Morgan fingerprint density at radius 2 is 1.81 bits per heavy atom. The molecule has 10 heteroatoms. The van der Waals surface area contributed by atoms with E-state index in [9.17, 15) is 17.9 Å². The quantitative estimate of drug-likeness (QED) is 0.231. The molecule has 37 heavy (non-hydrogen) atoms. The van der Waals surface area contributed by atoms with Crippen LogP contribution >= 0.6 is 0 Å². The Kier molecular flexibility index (Phi) is 5.96. The lowest BCUT2D eigenvalue weighted by molar-refractivity contribution is 0.152. The number of amidine groups is 1. The first-order chi connectivity index (χ1) is 17.5. The molecule has 0 atom stereocenters. The second kappa shape index (κ2) is 8.89. The number of anilines is 1. The van der Waals surface area contributed by atoms with E-state index in [1.165, 1.54) is 28.6 Å². The number of furan rings is 1. The van der Waals surface area contributed by atoms with Gasteiger partial charge in [0, 0.05) is 22.6 Å². The number of nitrogens with one attached hydrogen (secondary N) is 1. The van der Waals surface area contributed by atoms with Gasteiger partial charge in [0.15, 0.2) is 0 Å². The van der Waals surface area contributed by atoms with E-state index >= 15 is 0 Å². The minimum Gasteiger partial charge on any atom is -0.497 e. The Bertz CT molecular complexity index is 1610. The zero-order valence-corrected chi connectivity index (χ0v) is 21.1. The number of ether oxygens (including phenoxy) is 1. The largest absolute Gasteiger partial charge is 0.497 e. The summed E-state index contributed by atoms with van der Waals surface area (Å²) < 4.78 is 52.1. The molecule has 8 nitrogen and oxygen atoms in total. The highest BCUT2D eigenvalue weighted by molar-refractivity contribution is 7.92. The van der Waals surface area contributed by atoms with Gasteiger partial charge in [-0.05, 0) is 60.9 Å². The molecule has 0 saturated heterocycles. The number of rotatable bonds is 8. The van der Waals surface area contributed by atoms with Gasteiger partial charge in [-0.1, -0.05) is 12.1 Å². The Balaban J connectivity index is 1.72. The van der Waals surface area contributed by atoms with Gasteiger partial charge in [0.25, 0.3) is 0 Å². The lowest BCUT2D eigenvalue weighted by Crippen LogP contribution is -2.31. The van der Waals surface area contributed by atoms with Crippen LogP contribution in [0, 0.1) is 11.2 Å². The summed E-state index contributed by atoms with van der Waals surface area (Å²) in [7, 11) is -2.24. The molecule has 0 aliphatic heterocycles. The Hall–Kier alpha value is -3.89. The Morgan fingerprint density at radius 1 is 1.16 bits per heavy atom. The monoisotopic (exact) mass is 523 g/mol. The second-order valence-electron chi connectivity index (χ2n) is 9.24. The van der Waals surface area contributed by atoms with E-state index in [0.29, 0.717) is 40.7 Å². The number of nitrogens with two attached hydrogens (primary N) is 1. The number of hydrogen-bond acceptors (Lipinski definition) is 6. The van der Waals surface area contributed by atoms with Crippen molar-refractivity contribution in [3.05, 3.63) is 83.2 Å². The fraction of sp³-hybridized carbons (Fsp3) is 0.222. The van der Waals surface area contributed by atoms with Gasteiger partial charge in [0.1, 0.15) is 28.7 Å². The molecule has 0 radical (unpaired) electrons. The highest BCUT2D eigenvalue weighted by Gasteiger charge is 2.45. The third-order valence-electron chi connectivity index (χ3n) is 6.56. The number of fused-ring (bicyclic) bond motifs is 1. The normalized spacial score (nSPS) is 14.5. The summed E-state index contributed by atoms with van der Waals surface area (Å²) in [6.45, 7) is 0.0164. The van der Waals surface area contributed by atoms with Gasteiger partial charge >= 0.3 is 0 Å². The van der Waals surface area contributed by atoms with Gasteiger partial charge in [-0.2, -0.15) is 0 Å². The zero-order chi connectivity index (χ0) is 26.5. The molecule has 5 rings (SSSR count). The van der Waals surface area contributed by atoms with Crippen LogP contribution in [0.4, 0.5) is 10.1 Å². The zero-order valence-electron chi connectivity index (χ0n) is 20.3. The molecule has 1 aromatic heterocycles. The molecular formula is C27H26FN3O5S. The minimum absolute atomic E-state index is 0.0164. The van der Waals surface area contributed by atoms with Gasteiger partial charge in [-0.15, -0.1) is 0 Å². The molecule has 1 aliphatic rings. The first-order valence-corrected chi connectivity index (χ1v) is 13.4. The first kappa shape index (κ1) is 24.8. The molecule has 1 saturated carbocycles. The first-order valence-electron chi connectivity index (χ1n) is 11.5. The summed E-state index contributed by atoms with van der Waals surface area (Å²) in [5, 5.41) is 19.8. The molecule has 4 aromatic rings. The fourth-order valence-corrected chi connectivity index (χ4v) is 5.34. The van der Waals surface area contributed by atoms with Crippen molar-refractivity contribution in [2.24, 2.45) is 5.73 Å². The van der Waals surface area contributed by atoms with Crippen LogP contribution in [0.2, 0.25) is 0 Å². The molecule has 0 spiro atoms. The SMILES string of the molecule is COc1ccc(CN(c2cc3oc(-c4ccc(F)cc4)c(C(=N)N)c3cc2C2(O)CC2)S(C)(=O)=O)cc1. The van der Waals surface area contributed by atoms with E-state index in [2.05, 4.69) is 0 Å². The van der Waals surface area contributed by atoms with Gasteiger partial charge in [-0.25, -0.2) is 12.8 Å². The second-order valence-corrected chi connectivity index (χ2v) is 11.1. The highest BCUT2D eigenvalue weighted by Crippen LogP contribution is 2.51. The molecule has 1 heterocycles. The van der Waals surface area contributed by atoms with E-state index < -0.39 is 21.4 Å². The summed E-state index contributed by atoms with van der Waals surface area (Å²) >= 11 is 0. The third kappa shape index (κ3) is 4.65. The standard InChI is InChI=1S/C27H26FN3O5S/c1-35-19-9-3-16(4-10-19)15-31(37(2,33)34)22-14-23-20(13-21(22)27(32)11-12-27)24(26(29)30)25(36-23)17-5-7-18(28)8-6-17/h3-10,13-14,32H,11-12,15H2,1-2H3,(H3,29,30). The van der Waals surface area contributed by atoms with Crippen LogP contribution in [0.3, 0.4) is 0 Å². The summed E-state index contributed by atoms with van der Waals surface area (Å²) in [6, 6.07) is 15.8. The average Bonchev–Trinajstić information content (AvgIpc) is 3.49. The topological polar surface area (TPSA) is 130 Å². The Morgan fingerprint density at radius 3 is 2.35 bits per heavy atom. The van der Waals surface area contributed by atoms with E-state index in [-0.39, 0.29) is 29.4 Å². The van der Waals surface area contributed by atoms with Crippen molar-refractivity contribution in [1.82, 2.24) is 0 Å². The third-order valence-corrected chi connectivity index (χ3v) is 7.69. The van der Waals surface area contributed by atoms with Crippen LogP contribution in [0.5, 0.6) is 5.75 Å². The van der Waals surface area contributed by atoms with Crippen molar-refractivity contribution in [1.29, 1.82) is 5.41 Å². The minimum atomic E-state index is -3.79. The Labute approximate surface area is 213 Å². The lowest BCUT2D eigenvalue weighted by atomic mass is 9.98. The molecule has 1 aliphatic carbocycles. The number of nitrogen functional groups attached to an aromatic ring is 1. The summed E-state index contributed by atoms with van der Waals surface area (Å²) in [5.74, 6) is 0.212. The predicted octanol–water partition coefficient (Wildman–Crippen LogP) is 4.48. The molecular weight excluding hydrogens is 497 g/mol.